The zero-order valence-electron chi connectivity index (χ0n) is 4.93. The first-order chi connectivity index (χ1) is 4.30. The Kier molecular flexibility index (Phi) is 3.81. The van der Waals surface area contributed by atoms with E-state index in [1.807, 2.05) is 0 Å². The van der Waals surface area contributed by atoms with Crippen molar-refractivity contribution in [1.82, 2.24) is 4.98 Å². The predicted molar refractivity (Wildman–Crippen MR) is 28.6 cm³/mol. The molecule has 0 saturated heterocycles. The normalized spacial score (nSPS) is 8.00. The van der Waals surface area contributed by atoms with E-state index in [4.69, 9.17) is 0 Å². The molecule has 0 aromatic carbocycles. The fraction of sp³-hybridized carbons (Fsp3) is 0. The molecule has 0 atom stereocenters. The minimum Gasteiger partial charge on any atom is -0.543 e. The van der Waals surface area contributed by atoms with E-state index in [0.717, 1.165) is 0 Å². The fourth-order valence-electron chi connectivity index (χ4n) is 0.484. The van der Waals surface area contributed by atoms with Gasteiger partial charge >= 0.3 is 19.5 Å². The standard InChI is InChI=1S/C6H5NO2.Ru/c8-6(9)5-3-1-2-4-7-5;/h1-4H,(H,8,9);/q;+2/p-1. The number of hydrogen-bond donors (Lipinski definition) is 0. The van der Waals surface area contributed by atoms with Crippen LogP contribution >= 0.6 is 0 Å². The van der Waals surface area contributed by atoms with Gasteiger partial charge in [-0.3, -0.25) is 4.98 Å². The molecule has 1 aromatic heterocycles. The second kappa shape index (κ2) is 4.12. The third-order valence-electron chi connectivity index (χ3n) is 0.874. The Morgan fingerprint density at radius 1 is 1.50 bits per heavy atom. The number of carbonyl (C=O) groups excluding carboxylic acids is 1. The van der Waals surface area contributed by atoms with E-state index in [-0.39, 0.29) is 25.2 Å². The van der Waals surface area contributed by atoms with Crippen molar-refractivity contribution in [3.8, 4) is 0 Å². The molecule has 4 heteroatoms. The van der Waals surface area contributed by atoms with Crippen LogP contribution < -0.4 is 5.11 Å². The summed E-state index contributed by atoms with van der Waals surface area (Å²) < 4.78 is 0. The molecule has 10 heavy (non-hydrogen) atoms. The average Bonchev–Trinajstić information content (AvgIpc) is 1.90. The first kappa shape index (κ1) is 9.24. The van der Waals surface area contributed by atoms with Crippen molar-refractivity contribution in [2.45, 2.75) is 0 Å². The number of aromatic carboxylic acids is 1. The third-order valence-corrected chi connectivity index (χ3v) is 0.874. The van der Waals surface area contributed by atoms with Crippen LogP contribution in [-0.2, 0) is 19.5 Å². The number of carboxylic acids is 1. The summed E-state index contributed by atoms with van der Waals surface area (Å²) in [4.78, 5) is 13.5. The maximum atomic E-state index is 10.0. The van der Waals surface area contributed by atoms with Gasteiger partial charge < -0.3 is 9.90 Å². The van der Waals surface area contributed by atoms with Gasteiger partial charge in [0, 0.05) is 6.20 Å². The monoisotopic (exact) mass is 224 g/mol. The SMILES string of the molecule is O=C([O-])c1ccccn1.[Ru+2]. The van der Waals surface area contributed by atoms with E-state index in [9.17, 15) is 9.90 Å². The quantitative estimate of drug-likeness (QED) is 0.600. The van der Waals surface area contributed by atoms with Crippen molar-refractivity contribution in [3.05, 3.63) is 30.1 Å². The van der Waals surface area contributed by atoms with E-state index in [0.29, 0.717) is 0 Å². The van der Waals surface area contributed by atoms with Gasteiger partial charge in [-0.15, -0.1) is 0 Å². The minimum atomic E-state index is -1.24. The van der Waals surface area contributed by atoms with Crippen molar-refractivity contribution in [1.29, 1.82) is 0 Å². The van der Waals surface area contributed by atoms with E-state index >= 15 is 0 Å². The maximum absolute atomic E-state index is 10.0. The van der Waals surface area contributed by atoms with Crippen LogP contribution in [0.15, 0.2) is 24.4 Å². The van der Waals surface area contributed by atoms with E-state index in [1.54, 1.807) is 12.1 Å². The van der Waals surface area contributed by atoms with Gasteiger partial charge in [-0.25, -0.2) is 0 Å². The molecule has 0 unspecified atom stereocenters. The molecule has 3 nitrogen and oxygen atoms in total. The minimum absolute atomic E-state index is 0. The van der Waals surface area contributed by atoms with Crippen LogP contribution in [-0.4, -0.2) is 11.0 Å². The van der Waals surface area contributed by atoms with Gasteiger partial charge in [-0.1, -0.05) is 6.07 Å². The number of carboxylic acid groups (broad SMARTS) is 1. The molecule has 1 rings (SSSR count). The summed E-state index contributed by atoms with van der Waals surface area (Å²) in [7, 11) is 0. The van der Waals surface area contributed by atoms with Crippen molar-refractivity contribution in [2.24, 2.45) is 0 Å². The van der Waals surface area contributed by atoms with Crippen LogP contribution in [0.4, 0.5) is 0 Å². The summed E-state index contributed by atoms with van der Waals surface area (Å²) in [6, 6.07) is 4.62. The van der Waals surface area contributed by atoms with Crippen LogP contribution in [0.3, 0.4) is 0 Å². The fourth-order valence-corrected chi connectivity index (χ4v) is 0.484. The molecule has 0 aliphatic heterocycles. The summed E-state index contributed by atoms with van der Waals surface area (Å²) in [6.07, 6.45) is 1.41. The van der Waals surface area contributed by atoms with Gasteiger partial charge in [0.25, 0.3) is 0 Å². The summed E-state index contributed by atoms with van der Waals surface area (Å²) in [6.45, 7) is 0. The van der Waals surface area contributed by atoms with Crippen LogP contribution in [0.1, 0.15) is 10.5 Å². The van der Waals surface area contributed by atoms with E-state index in [2.05, 4.69) is 4.98 Å². The van der Waals surface area contributed by atoms with Gasteiger partial charge in [0.1, 0.15) is 0 Å². The first-order valence-corrected chi connectivity index (χ1v) is 2.43. The number of nitrogens with zero attached hydrogens (tertiary/aromatic N) is 1. The number of aromatic nitrogens is 1. The van der Waals surface area contributed by atoms with Crippen molar-refractivity contribution in [2.75, 3.05) is 0 Å². The van der Waals surface area contributed by atoms with Gasteiger partial charge in [-0.2, -0.15) is 0 Å². The average molecular weight is 223 g/mol. The number of hydrogen-bond acceptors (Lipinski definition) is 3. The van der Waals surface area contributed by atoms with E-state index < -0.39 is 5.97 Å². The molecule has 0 spiro atoms. The van der Waals surface area contributed by atoms with Gasteiger partial charge in [0.2, 0.25) is 0 Å². The molecule has 0 aliphatic carbocycles. The molecule has 0 saturated carbocycles. The zero-order valence-corrected chi connectivity index (χ0v) is 6.66. The summed E-state index contributed by atoms with van der Waals surface area (Å²) in [5.41, 5.74) is -0.0301. The van der Waals surface area contributed by atoms with Gasteiger partial charge in [0.15, 0.2) is 0 Å². The van der Waals surface area contributed by atoms with Crippen molar-refractivity contribution in [3.63, 3.8) is 0 Å². The Hall–Kier alpha value is -0.757. The second-order valence-electron chi connectivity index (χ2n) is 1.50. The largest absolute Gasteiger partial charge is 2.00 e. The zero-order chi connectivity index (χ0) is 6.69. The number of pyridine rings is 1. The maximum Gasteiger partial charge on any atom is 2.00 e. The second-order valence-corrected chi connectivity index (χ2v) is 1.50. The Balaban J connectivity index is 0.000000810. The topological polar surface area (TPSA) is 53.0 Å². The Labute approximate surface area is 70.9 Å². The third kappa shape index (κ3) is 2.23. The van der Waals surface area contributed by atoms with Crippen molar-refractivity contribution >= 4 is 5.97 Å². The molecular formula is C6H4NO2Ru+. The molecule has 52 valence electrons. The molecule has 0 amide bonds. The molecular weight excluding hydrogens is 219 g/mol. The molecule has 1 heterocycles. The first-order valence-electron chi connectivity index (χ1n) is 2.43. The van der Waals surface area contributed by atoms with Gasteiger partial charge in [-0.05, 0) is 12.1 Å². The van der Waals surface area contributed by atoms with Crippen LogP contribution in [0.25, 0.3) is 0 Å². The summed E-state index contributed by atoms with van der Waals surface area (Å²) >= 11 is 0. The molecule has 0 bridgehead atoms. The smallest absolute Gasteiger partial charge is 0.543 e. The Morgan fingerprint density at radius 3 is 2.50 bits per heavy atom. The van der Waals surface area contributed by atoms with Crippen molar-refractivity contribution < 1.29 is 29.4 Å². The molecule has 0 aliphatic rings. The van der Waals surface area contributed by atoms with E-state index in [1.165, 1.54) is 12.3 Å². The molecule has 0 fully saturated rings. The number of carbonyl (C=O) groups is 1. The molecule has 1 aromatic rings. The predicted octanol–water partition coefficient (Wildman–Crippen LogP) is -0.557. The molecule has 0 radical (unpaired) electrons. The summed E-state index contributed by atoms with van der Waals surface area (Å²) in [5.74, 6) is -1.24. The number of rotatable bonds is 1. The van der Waals surface area contributed by atoms with Crippen LogP contribution in [0.2, 0.25) is 0 Å². The molecule has 0 N–H and O–H groups in total. The Bertz CT molecular complexity index is 212. The van der Waals surface area contributed by atoms with Crippen LogP contribution in [0.5, 0.6) is 0 Å². The Morgan fingerprint density at radius 2 is 2.20 bits per heavy atom. The van der Waals surface area contributed by atoms with Crippen LogP contribution in [0, 0.1) is 0 Å². The van der Waals surface area contributed by atoms with Gasteiger partial charge in [0.05, 0.1) is 11.7 Å². The summed E-state index contributed by atoms with van der Waals surface area (Å²) in [5, 5.41) is 10.0.